The van der Waals surface area contributed by atoms with Gasteiger partial charge in [-0.3, -0.25) is 4.79 Å². The van der Waals surface area contributed by atoms with Gasteiger partial charge in [-0.1, -0.05) is 11.8 Å². The maximum atomic E-state index is 11.2. The number of fused-ring (bicyclic) bond motifs is 1. The van der Waals surface area contributed by atoms with Crippen molar-refractivity contribution in [3.63, 3.8) is 0 Å². The molecule has 14 heavy (non-hydrogen) atoms. The van der Waals surface area contributed by atoms with E-state index in [0.717, 1.165) is 0 Å². The van der Waals surface area contributed by atoms with Gasteiger partial charge in [-0.05, 0) is 6.92 Å². The van der Waals surface area contributed by atoms with Crippen molar-refractivity contribution in [2.24, 2.45) is 0 Å². The number of ether oxygens (including phenoxy) is 1. The third-order valence-electron chi connectivity index (χ3n) is 2.73. The Kier molecular flexibility index (Phi) is 2.01. The number of thioether (sulfide) groups is 1. The van der Waals surface area contributed by atoms with Gasteiger partial charge in [-0.25, -0.2) is 4.79 Å². The van der Waals surface area contributed by atoms with Crippen molar-refractivity contribution in [1.82, 2.24) is 4.90 Å². The van der Waals surface area contributed by atoms with Crippen LogP contribution in [0.25, 0.3) is 0 Å². The summed E-state index contributed by atoms with van der Waals surface area (Å²) in [5.74, 6) is -1.10. The van der Waals surface area contributed by atoms with Gasteiger partial charge in [0.05, 0.1) is 11.8 Å². The highest BCUT2D eigenvalue weighted by atomic mass is 32.2. The van der Waals surface area contributed by atoms with Crippen LogP contribution in [0.4, 0.5) is 0 Å². The highest BCUT2D eigenvalue weighted by Gasteiger charge is 2.61. The number of nitrogens with zero attached hydrogens (tertiary/aromatic N) is 1. The fourth-order valence-electron chi connectivity index (χ4n) is 1.90. The molecule has 6 heteroatoms. The highest BCUT2D eigenvalue weighted by molar-refractivity contribution is 8.01. The van der Waals surface area contributed by atoms with Crippen molar-refractivity contribution in [2.75, 3.05) is 7.11 Å². The van der Waals surface area contributed by atoms with Gasteiger partial charge in [0, 0.05) is 7.11 Å². The van der Waals surface area contributed by atoms with Crippen molar-refractivity contribution in [1.29, 1.82) is 0 Å². The lowest BCUT2D eigenvalue weighted by Gasteiger charge is -2.36. The fourth-order valence-corrected chi connectivity index (χ4v) is 3.46. The number of carbonyl (C=O) groups is 2. The zero-order valence-electron chi connectivity index (χ0n) is 7.89. The monoisotopic (exact) mass is 217 g/mol. The maximum Gasteiger partial charge on any atom is 0.330 e. The standard InChI is InChI=1S/C8H11NO4S/c1-8(13-2)6(7(11)12)9-4(10)3-5(9)14-8/h5-6H,3H2,1-2H3,(H,11,12)/t5-,6?,8?/m1/s1. The zero-order valence-corrected chi connectivity index (χ0v) is 8.71. The lowest BCUT2D eigenvalue weighted by atomic mass is 10.1. The first-order valence-electron chi connectivity index (χ1n) is 4.26. The van der Waals surface area contributed by atoms with Crippen LogP contribution >= 0.6 is 11.8 Å². The molecule has 0 bridgehead atoms. The Morgan fingerprint density at radius 1 is 1.79 bits per heavy atom. The number of aliphatic carboxylic acids is 1. The van der Waals surface area contributed by atoms with E-state index in [2.05, 4.69) is 0 Å². The van der Waals surface area contributed by atoms with E-state index >= 15 is 0 Å². The quantitative estimate of drug-likeness (QED) is 0.665. The Bertz CT molecular complexity index is 308. The van der Waals surface area contributed by atoms with E-state index in [4.69, 9.17) is 9.84 Å². The number of methoxy groups -OCH3 is 1. The van der Waals surface area contributed by atoms with E-state index < -0.39 is 16.9 Å². The molecular formula is C8H11NO4S. The molecule has 0 radical (unpaired) electrons. The van der Waals surface area contributed by atoms with Crippen molar-refractivity contribution in [3.05, 3.63) is 0 Å². The van der Waals surface area contributed by atoms with Gasteiger partial charge in [0.25, 0.3) is 0 Å². The third-order valence-corrected chi connectivity index (χ3v) is 4.26. The SMILES string of the molecule is COC1(C)S[C@@H]2CC(=O)N2C1C(=O)O. The van der Waals surface area contributed by atoms with Crippen LogP contribution in [0.1, 0.15) is 13.3 Å². The van der Waals surface area contributed by atoms with E-state index in [1.807, 2.05) is 0 Å². The Morgan fingerprint density at radius 3 is 2.86 bits per heavy atom. The summed E-state index contributed by atoms with van der Waals surface area (Å²) in [6, 6.07) is -0.858. The molecule has 0 aromatic carbocycles. The number of hydrogen-bond donors (Lipinski definition) is 1. The molecule has 2 aliphatic rings. The normalized spacial score (nSPS) is 40.7. The zero-order chi connectivity index (χ0) is 10.5. The Balaban J connectivity index is 2.31. The second kappa shape index (κ2) is 2.87. The van der Waals surface area contributed by atoms with Crippen LogP contribution in [0, 0.1) is 0 Å². The van der Waals surface area contributed by atoms with Crippen LogP contribution in [0.5, 0.6) is 0 Å². The maximum absolute atomic E-state index is 11.2. The number of carbonyl (C=O) groups excluding carboxylic acids is 1. The summed E-state index contributed by atoms with van der Waals surface area (Å²) in [5.41, 5.74) is 0. The van der Waals surface area contributed by atoms with Gasteiger partial charge in [0.15, 0.2) is 6.04 Å². The minimum Gasteiger partial charge on any atom is -0.480 e. The van der Waals surface area contributed by atoms with Gasteiger partial charge in [0.2, 0.25) is 5.91 Å². The van der Waals surface area contributed by atoms with Gasteiger partial charge < -0.3 is 14.7 Å². The minimum absolute atomic E-state index is 0.0199. The third kappa shape index (κ3) is 1.07. The molecule has 0 aromatic rings. The molecule has 0 saturated carbocycles. The molecule has 2 rings (SSSR count). The molecule has 2 unspecified atom stereocenters. The van der Waals surface area contributed by atoms with Crippen molar-refractivity contribution < 1.29 is 19.4 Å². The summed E-state index contributed by atoms with van der Waals surface area (Å²) in [6.45, 7) is 1.71. The molecule has 2 fully saturated rings. The molecule has 0 aliphatic carbocycles. The lowest BCUT2D eigenvalue weighted by molar-refractivity contribution is -0.162. The predicted molar refractivity (Wildman–Crippen MR) is 49.7 cm³/mol. The van der Waals surface area contributed by atoms with Crippen LogP contribution in [0.2, 0.25) is 0 Å². The second-order valence-electron chi connectivity index (χ2n) is 3.54. The number of β-lactam (4-membered cyclic amide) rings is 1. The van der Waals surface area contributed by atoms with Gasteiger partial charge in [-0.2, -0.15) is 0 Å². The number of rotatable bonds is 2. The molecular weight excluding hydrogens is 206 g/mol. The van der Waals surface area contributed by atoms with E-state index in [1.54, 1.807) is 6.92 Å². The summed E-state index contributed by atoms with van der Waals surface area (Å²) in [6.07, 6.45) is 0.424. The Morgan fingerprint density at radius 2 is 2.43 bits per heavy atom. The molecule has 1 N–H and O–H groups in total. The van der Waals surface area contributed by atoms with Gasteiger partial charge in [0.1, 0.15) is 4.93 Å². The van der Waals surface area contributed by atoms with E-state index in [9.17, 15) is 9.59 Å². The smallest absolute Gasteiger partial charge is 0.330 e. The predicted octanol–water partition coefficient (Wildman–Crippen LogP) is 0.107. The summed E-state index contributed by atoms with van der Waals surface area (Å²) in [4.78, 5) is 22.8. The summed E-state index contributed by atoms with van der Waals surface area (Å²) < 4.78 is 5.19. The number of carboxylic acids is 1. The largest absolute Gasteiger partial charge is 0.480 e. The lowest BCUT2D eigenvalue weighted by Crippen LogP contribution is -2.57. The molecule has 2 saturated heterocycles. The number of amides is 1. The molecule has 3 atom stereocenters. The van der Waals surface area contributed by atoms with Gasteiger partial charge in [-0.15, -0.1) is 0 Å². The van der Waals surface area contributed by atoms with Crippen LogP contribution < -0.4 is 0 Å². The van der Waals surface area contributed by atoms with Crippen molar-refractivity contribution >= 4 is 23.6 Å². The molecule has 2 aliphatic heterocycles. The average molecular weight is 217 g/mol. The Hall–Kier alpha value is -0.750. The van der Waals surface area contributed by atoms with Crippen LogP contribution in [0.15, 0.2) is 0 Å². The topological polar surface area (TPSA) is 66.8 Å². The molecule has 0 aromatic heterocycles. The van der Waals surface area contributed by atoms with Crippen LogP contribution in [-0.4, -0.2) is 45.3 Å². The van der Waals surface area contributed by atoms with Crippen molar-refractivity contribution in [2.45, 2.75) is 29.7 Å². The minimum atomic E-state index is -1.00. The summed E-state index contributed by atoms with van der Waals surface area (Å²) in [7, 11) is 1.47. The number of carboxylic acid groups (broad SMARTS) is 1. The Labute approximate surface area is 85.4 Å². The first kappa shape index (κ1) is 9.79. The fraction of sp³-hybridized carbons (Fsp3) is 0.750. The highest BCUT2D eigenvalue weighted by Crippen LogP contribution is 2.51. The first-order valence-corrected chi connectivity index (χ1v) is 5.14. The van der Waals surface area contributed by atoms with Gasteiger partial charge >= 0.3 is 5.97 Å². The second-order valence-corrected chi connectivity index (χ2v) is 5.13. The van der Waals surface area contributed by atoms with Crippen LogP contribution in [-0.2, 0) is 14.3 Å². The van der Waals surface area contributed by atoms with Crippen molar-refractivity contribution in [3.8, 4) is 0 Å². The number of hydrogen-bond acceptors (Lipinski definition) is 4. The molecule has 5 nitrogen and oxygen atoms in total. The molecule has 2 heterocycles. The summed E-state index contributed by atoms with van der Waals surface area (Å²) in [5, 5.41) is 9.01. The average Bonchev–Trinajstić information content (AvgIpc) is 2.35. The summed E-state index contributed by atoms with van der Waals surface area (Å²) >= 11 is 1.40. The van der Waals surface area contributed by atoms with E-state index in [-0.39, 0.29) is 11.3 Å². The van der Waals surface area contributed by atoms with E-state index in [1.165, 1.54) is 23.8 Å². The van der Waals surface area contributed by atoms with Crippen LogP contribution in [0.3, 0.4) is 0 Å². The molecule has 1 amide bonds. The molecule has 78 valence electrons. The van der Waals surface area contributed by atoms with E-state index in [0.29, 0.717) is 6.42 Å². The molecule has 0 spiro atoms. The first-order chi connectivity index (χ1) is 6.49.